The molecule has 188 valence electrons. The number of benzene rings is 1. The monoisotopic (exact) mass is 474 g/mol. The number of likely N-dealkylation sites (tertiary alicyclic amines) is 1. The van der Waals surface area contributed by atoms with Crippen LogP contribution in [0.4, 0.5) is 0 Å². The van der Waals surface area contributed by atoms with Crippen LogP contribution in [0.25, 0.3) is 10.9 Å². The number of carbonyl (C=O) groups excluding carboxylic acids is 2. The highest BCUT2D eigenvalue weighted by molar-refractivity contribution is 5.92. The number of hydrogen-bond donors (Lipinski definition) is 0. The molecule has 1 amide bonds. The van der Waals surface area contributed by atoms with E-state index in [2.05, 4.69) is 31.0 Å². The summed E-state index contributed by atoms with van der Waals surface area (Å²) >= 11 is 0. The number of ketones is 1. The van der Waals surface area contributed by atoms with Gasteiger partial charge in [0.05, 0.1) is 11.6 Å². The maximum atomic E-state index is 13.9. The van der Waals surface area contributed by atoms with Gasteiger partial charge in [0.15, 0.2) is 5.78 Å². The molecule has 0 unspecified atom stereocenters. The Morgan fingerprint density at radius 3 is 2.49 bits per heavy atom. The van der Waals surface area contributed by atoms with Crippen LogP contribution in [0, 0.1) is 29.6 Å². The molecular weight excluding hydrogens is 432 g/mol. The number of nitrogens with zero attached hydrogens (tertiary/aromatic N) is 2. The second-order valence-corrected chi connectivity index (χ2v) is 11.9. The van der Waals surface area contributed by atoms with Crippen molar-refractivity contribution in [1.82, 2.24) is 9.88 Å². The zero-order chi connectivity index (χ0) is 24.4. The molecule has 1 aliphatic heterocycles. The summed E-state index contributed by atoms with van der Waals surface area (Å²) in [4.78, 5) is 34.2. The molecule has 0 radical (unpaired) electrons. The fourth-order valence-corrected chi connectivity index (χ4v) is 7.34. The van der Waals surface area contributed by atoms with E-state index in [1.165, 1.54) is 32.1 Å². The van der Waals surface area contributed by atoms with Crippen molar-refractivity contribution in [2.24, 2.45) is 29.6 Å². The minimum absolute atomic E-state index is 0.108. The van der Waals surface area contributed by atoms with Crippen molar-refractivity contribution in [2.75, 3.05) is 6.54 Å². The van der Waals surface area contributed by atoms with Gasteiger partial charge in [-0.2, -0.15) is 0 Å². The van der Waals surface area contributed by atoms with Crippen LogP contribution < -0.4 is 0 Å². The van der Waals surface area contributed by atoms with Gasteiger partial charge in [-0.1, -0.05) is 58.1 Å². The van der Waals surface area contributed by atoms with Crippen molar-refractivity contribution in [3.05, 3.63) is 42.1 Å². The van der Waals surface area contributed by atoms with Crippen molar-refractivity contribution < 1.29 is 9.59 Å². The Hall–Kier alpha value is -2.23. The number of aromatic nitrogens is 1. The average molecular weight is 475 g/mol. The summed E-state index contributed by atoms with van der Waals surface area (Å²) in [5, 5.41) is 1.07. The lowest BCUT2D eigenvalue weighted by atomic mass is 9.74. The molecule has 1 aromatic carbocycles. The lowest BCUT2D eigenvalue weighted by Crippen LogP contribution is -2.48. The lowest BCUT2D eigenvalue weighted by molar-refractivity contribution is -0.143. The minimum Gasteiger partial charge on any atom is -0.332 e. The third-order valence-electron chi connectivity index (χ3n) is 9.42. The summed E-state index contributed by atoms with van der Waals surface area (Å²) in [6.45, 7) is 5.38. The first-order valence-electron chi connectivity index (χ1n) is 14.2. The van der Waals surface area contributed by atoms with Crippen molar-refractivity contribution >= 4 is 22.6 Å². The molecule has 2 saturated carbocycles. The van der Waals surface area contributed by atoms with E-state index in [1.807, 2.05) is 23.1 Å². The van der Waals surface area contributed by atoms with Crippen LogP contribution in [0.15, 0.2) is 36.5 Å². The van der Waals surface area contributed by atoms with Gasteiger partial charge in [-0.3, -0.25) is 14.6 Å². The van der Waals surface area contributed by atoms with Crippen molar-refractivity contribution in [2.45, 2.75) is 90.5 Å². The number of pyridine rings is 1. The van der Waals surface area contributed by atoms with Gasteiger partial charge in [-0.05, 0) is 79.5 Å². The number of rotatable bonds is 6. The first-order valence-corrected chi connectivity index (χ1v) is 14.2. The number of Topliss-reactive ketones (excluding diaryl/α,β-unsaturated/α-hetero) is 1. The van der Waals surface area contributed by atoms with Gasteiger partial charge in [0.25, 0.3) is 0 Å². The maximum absolute atomic E-state index is 13.9. The molecule has 4 heteroatoms. The Labute approximate surface area is 210 Å². The molecule has 2 aromatic rings. The molecule has 4 nitrogen and oxygen atoms in total. The van der Waals surface area contributed by atoms with Gasteiger partial charge in [-0.25, -0.2) is 0 Å². The van der Waals surface area contributed by atoms with Crippen LogP contribution in [0.3, 0.4) is 0 Å². The van der Waals surface area contributed by atoms with Crippen molar-refractivity contribution in [1.29, 1.82) is 0 Å². The molecule has 2 aliphatic carbocycles. The Morgan fingerprint density at radius 2 is 1.74 bits per heavy atom. The second-order valence-electron chi connectivity index (χ2n) is 11.9. The third-order valence-corrected chi connectivity index (χ3v) is 9.42. The smallest absolute Gasteiger partial charge is 0.226 e. The number of amides is 1. The van der Waals surface area contributed by atoms with E-state index in [1.54, 1.807) is 6.20 Å². The molecule has 35 heavy (non-hydrogen) atoms. The molecule has 5 rings (SSSR count). The largest absolute Gasteiger partial charge is 0.332 e. The average Bonchev–Trinajstić information content (AvgIpc) is 3.34. The molecular formula is C31H42N2O2. The molecule has 2 atom stereocenters. The second kappa shape index (κ2) is 10.8. The molecule has 2 heterocycles. The molecule has 1 saturated heterocycles. The van der Waals surface area contributed by atoms with E-state index < -0.39 is 0 Å². The van der Waals surface area contributed by atoms with E-state index in [4.69, 9.17) is 0 Å². The molecule has 0 bridgehead atoms. The summed E-state index contributed by atoms with van der Waals surface area (Å²) < 4.78 is 0. The Balaban J connectivity index is 1.35. The first-order chi connectivity index (χ1) is 17.0. The van der Waals surface area contributed by atoms with Gasteiger partial charge in [-0.15, -0.1) is 0 Å². The summed E-state index contributed by atoms with van der Waals surface area (Å²) in [7, 11) is 0. The summed E-state index contributed by atoms with van der Waals surface area (Å²) in [5.41, 5.74) is 1.99. The fraction of sp³-hybridized carbons (Fsp3) is 0.645. The third kappa shape index (κ3) is 5.32. The van der Waals surface area contributed by atoms with Crippen molar-refractivity contribution in [3.8, 4) is 0 Å². The van der Waals surface area contributed by atoms with Crippen LogP contribution in [0.2, 0.25) is 0 Å². The normalized spacial score (nSPS) is 28.0. The Morgan fingerprint density at radius 1 is 0.971 bits per heavy atom. The summed E-state index contributed by atoms with van der Waals surface area (Å²) in [6, 6.07) is 9.92. The summed E-state index contributed by atoms with van der Waals surface area (Å²) in [5.74, 6) is 2.98. The Kier molecular flexibility index (Phi) is 7.55. The quantitative estimate of drug-likeness (QED) is 0.473. The standard InChI is InChI=1S/C31H42N2O2/c1-21(2)23-11-13-25(14-12-23)31(35)33-18-16-27(24-7-4-3-5-8-24)30(33)29(34)20-22-10-15-28-26(19-22)9-6-17-32-28/h6,9-10,15,17,19,21,23-25,27,30H,3-5,7-8,11-14,16,18,20H2,1-2H3/t23?,25?,27-,30-/m0/s1. The summed E-state index contributed by atoms with van der Waals surface area (Å²) in [6.07, 6.45) is 13.8. The van der Waals surface area contributed by atoms with Gasteiger partial charge in [0.1, 0.15) is 0 Å². The van der Waals surface area contributed by atoms with E-state index in [-0.39, 0.29) is 23.7 Å². The van der Waals surface area contributed by atoms with Crippen LogP contribution in [0.1, 0.15) is 83.6 Å². The number of fused-ring (bicyclic) bond motifs is 1. The zero-order valence-corrected chi connectivity index (χ0v) is 21.6. The Bertz CT molecular complexity index is 1030. The number of hydrogen-bond acceptors (Lipinski definition) is 3. The van der Waals surface area contributed by atoms with E-state index in [0.717, 1.165) is 61.0 Å². The number of carbonyl (C=O) groups is 2. The zero-order valence-electron chi connectivity index (χ0n) is 21.6. The van der Waals surface area contributed by atoms with Gasteiger partial charge < -0.3 is 4.90 Å². The van der Waals surface area contributed by atoms with Crippen LogP contribution in [-0.2, 0) is 16.0 Å². The minimum atomic E-state index is -0.238. The van der Waals surface area contributed by atoms with Gasteiger partial charge in [0.2, 0.25) is 5.91 Å². The van der Waals surface area contributed by atoms with Crippen LogP contribution in [0.5, 0.6) is 0 Å². The van der Waals surface area contributed by atoms with Crippen LogP contribution in [-0.4, -0.2) is 34.2 Å². The van der Waals surface area contributed by atoms with E-state index in [9.17, 15) is 9.59 Å². The molecule has 0 N–H and O–H groups in total. The molecule has 3 fully saturated rings. The fourth-order valence-electron chi connectivity index (χ4n) is 7.34. The molecule has 1 aromatic heterocycles. The van der Waals surface area contributed by atoms with Crippen LogP contribution >= 0.6 is 0 Å². The molecule has 0 spiro atoms. The van der Waals surface area contributed by atoms with Gasteiger partial charge >= 0.3 is 0 Å². The van der Waals surface area contributed by atoms with Gasteiger partial charge in [0, 0.05) is 30.5 Å². The highest BCUT2D eigenvalue weighted by atomic mass is 16.2. The van der Waals surface area contributed by atoms with E-state index in [0.29, 0.717) is 24.2 Å². The maximum Gasteiger partial charge on any atom is 0.226 e. The van der Waals surface area contributed by atoms with Crippen molar-refractivity contribution in [3.63, 3.8) is 0 Å². The predicted octanol–water partition coefficient (Wildman–Crippen LogP) is 6.61. The predicted molar refractivity (Wildman–Crippen MR) is 141 cm³/mol. The topological polar surface area (TPSA) is 50.3 Å². The first kappa shape index (κ1) is 24.5. The highest BCUT2D eigenvalue weighted by Gasteiger charge is 2.46. The lowest BCUT2D eigenvalue weighted by Gasteiger charge is -2.37. The highest BCUT2D eigenvalue weighted by Crippen LogP contribution is 2.42. The molecule has 3 aliphatic rings. The van der Waals surface area contributed by atoms with E-state index >= 15 is 0 Å². The SMILES string of the molecule is CC(C)C1CCC(C(=O)N2CC[C@@H](C3CCCCC3)[C@H]2C(=O)Cc2ccc3ncccc3c2)CC1.